The van der Waals surface area contributed by atoms with Crippen LogP contribution in [0, 0.1) is 32.1 Å². The summed E-state index contributed by atoms with van der Waals surface area (Å²) in [6.45, 7) is 6.55. The zero-order valence-corrected chi connectivity index (χ0v) is 25.0. The van der Waals surface area contributed by atoms with Gasteiger partial charge in [0.05, 0.1) is 53.3 Å². The number of aryl methyl sites for hydroxylation is 2. The van der Waals surface area contributed by atoms with Crippen LogP contribution in [0.4, 0.5) is 5.69 Å². The van der Waals surface area contributed by atoms with Crippen LogP contribution in [0.3, 0.4) is 0 Å². The Morgan fingerprint density at radius 2 is 1.48 bits per heavy atom. The van der Waals surface area contributed by atoms with E-state index < -0.39 is 5.41 Å². The molecule has 4 aromatic carbocycles. The van der Waals surface area contributed by atoms with Gasteiger partial charge in [-0.05, 0) is 71.5 Å². The highest BCUT2D eigenvalue weighted by Gasteiger charge is 2.52. The van der Waals surface area contributed by atoms with E-state index in [0.717, 1.165) is 67.1 Å². The Labute approximate surface area is 256 Å². The molecule has 0 aliphatic carbocycles. The van der Waals surface area contributed by atoms with Gasteiger partial charge in [0.15, 0.2) is 0 Å². The fourth-order valence-corrected chi connectivity index (χ4v) is 6.80. The molecule has 216 valence electrons. The Kier molecular flexibility index (Phi) is 6.63. The number of imidazole rings is 2. The van der Waals surface area contributed by atoms with E-state index >= 15 is 4.79 Å². The van der Waals surface area contributed by atoms with Crippen molar-refractivity contribution in [2.45, 2.75) is 45.6 Å². The topological polar surface area (TPSA) is 101 Å². The summed E-state index contributed by atoms with van der Waals surface area (Å²) in [5.41, 5.74) is 9.44. The SMILES string of the molecule is Cc1[nH]cnc1CC1(Cc2nc[nH]c2C)C(=O)N(Cc2cccc3ccccc23)c2c1ccc(-c1ccc(C#N)cc1)c2C. The third-order valence-electron chi connectivity index (χ3n) is 9.21. The second kappa shape index (κ2) is 10.7. The molecule has 0 unspecified atom stereocenters. The average molecular weight is 577 g/mol. The van der Waals surface area contributed by atoms with Crippen molar-refractivity contribution in [3.05, 3.63) is 137 Å². The van der Waals surface area contributed by atoms with Gasteiger partial charge in [-0.15, -0.1) is 0 Å². The van der Waals surface area contributed by atoms with Gasteiger partial charge in [0, 0.05) is 24.2 Å². The monoisotopic (exact) mass is 576 g/mol. The maximum Gasteiger partial charge on any atom is 0.238 e. The number of nitrogens with one attached hydrogen (secondary N) is 2. The van der Waals surface area contributed by atoms with Gasteiger partial charge < -0.3 is 14.9 Å². The third kappa shape index (κ3) is 4.38. The lowest BCUT2D eigenvalue weighted by atomic mass is 9.73. The summed E-state index contributed by atoms with van der Waals surface area (Å²) in [7, 11) is 0. The lowest BCUT2D eigenvalue weighted by Crippen LogP contribution is -2.44. The molecule has 1 amide bonds. The maximum atomic E-state index is 15.2. The summed E-state index contributed by atoms with van der Waals surface area (Å²) in [6, 6.07) is 28.7. The minimum atomic E-state index is -0.909. The number of carbonyl (C=O) groups is 1. The van der Waals surface area contributed by atoms with Crippen molar-refractivity contribution >= 4 is 22.4 Å². The van der Waals surface area contributed by atoms with E-state index in [1.807, 2.05) is 55.1 Å². The first-order chi connectivity index (χ1) is 21.4. The van der Waals surface area contributed by atoms with Gasteiger partial charge in [-0.1, -0.05) is 66.7 Å². The molecule has 0 fully saturated rings. The van der Waals surface area contributed by atoms with Crippen LogP contribution in [0.15, 0.2) is 91.5 Å². The van der Waals surface area contributed by atoms with E-state index in [-0.39, 0.29) is 5.91 Å². The second-order valence-corrected chi connectivity index (χ2v) is 11.7. The zero-order valence-electron chi connectivity index (χ0n) is 25.0. The van der Waals surface area contributed by atoms with Crippen LogP contribution in [-0.2, 0) is 29.6 Å². The van der Waals surface area contributed by atoms with E-state index in [9.17, 15) is 5.26 Å². The number of fused-ring (bicyclic) bond motifs is 2. The number of rotatable bonds is 7. The van der Waals surface area contributed by atoms with Crippen LogP contribution in [0.25, 0.3) is 21.9 Å². The number of nitrogens with zero attached hydrogens (tertiary/aromatic N) is 4. The smallest absolute Gasteiger partial charge is 0.238 e. The highest BCUT2D eigenvalue weighted by Crippen LogP contribution is 2.50. The molecule has 0 saturated carbocycles. The van der Waals surface area contributed by atoms with Gasteiger partial charge in [-0.2, -0.15) is 5.26 Å². The van der Waals surface area contributed by atoms with Crippen molar-refractivity contribution in [1.82, 2.24) is 19.9 Å². The van der Waals surface area contributed by atoms with Crippen LogP contribution in [0.1, 0.15) is 45.0 Å². The standard InChI is InChI=1S/C37H32N6O/c1-23-30(28-13-11-26(19-38)12-14-28)15-16-32-35(23)43(20-29-9-6-8-27-7-4-5-10-31(27)29)36(44)37(32,17-33-24(2)39-21-41-33)18-34-25(3)40-22-42-34/h4-16,21-22H,17-18,20H2,1-3H3,(H,39,41)(H,40,42). The first kappa shape index (κ1) is 27.4. The number of aromatic nitrogens is 4. The maximum absolute atomic E-state index is 15.2. The Balaban J connectivity index is 1.45. The molecule has 0 spiro atoms. The summed E-state index contributed by atoms with van der Waals surface area (Å²) in [6.07, 6.45) is 4.29. The molecule has 1 aliphatic rings. The predicted molar refractivity (Wildman–Crippen MR) is 172 cm³/mol. The molecule has 0 bridgehead atoms. The zero-order chi connectivity index (χ0) is 30.4. The van der Waals surface area contributed by atoms with Crippen molar-refractivity contribution in [3.63, 3.8) is 0 Å². The van der Waals surface area contributed by atoms with Gasteiger partial charge in [0.2, 0.25) is 5.91 Å². The average Bonchev–Trinajstić information content (AvgIpc) is 3.71. The van der Waals surface area contributed by atoms with Crippen molar-refractivity contribution in [2.24, 2.45) is 0 Å². The van der Waals surface area contributed by atoms with Crippen LogP contribution in [-0.4, -0.2) is 25.8 Å². The van der Waals surface area contributed by atoms with Crippen LogP contribution in [0.5, 0.6) is 0 Å². The van der Waals surface area contributed by atoms with Crippen molar-refractivity contribution in [3.8, 4) is 17.2 Å². The summed E-state index contributed by atoms with van der Waals surface area (Å²) in [5.74, 6) is 0.0466. The molecule has 2 N–H and O–H groups in total. The van der Waals surface area contributed by atoms with Crippen molar-refractivity contribution in [2.75, 3.05) is 4.90 Å². The van der Waals surface area contributed by atoms with Gasteiger partial charge in [0.25, 0.3) is 0 Å². The van der Waals surface area contributed by atoms with Crippen LogP contribution in [0.2, 0.25) is 0 Å². The van der Waals surface area contributed by atoms with Crippen molar-refractivity contribution < 1.29 is 4.79 Å². The highest BCUT2D eigenvalue weighted by atomic mass is 16.2. The Morgan fingerprint density at radius 1 is 0.818 bits per heavy atom. The number of carbonyl (C=O) groups excluding carboxylic acids is 1. The minimum Gasteiger partial charge on any atom is -0.348 e. The molecule has 7 rings (SSSR count). The van der Waals surface area contributed by atoms with Gasteiger partial charge in [-0.25, -0.2) is 9.97 Å². The molecule has 7 heteroatoms. The molecule has 6 aromatic rings. The fourth-order valence-electron chi connectivity index (χ4n) is 6.80. The first-order valence-electron chi connectivity index (χ1n) is 14.8. The number of H-pyrrole nitrogens is 2. The Hall–Kier alpha value is -5.48. The Bertz CT molecular complexity index is 2030. The second-order valence-electron chi connectivity index (χ2n) is 11.7. The summed E-state index contributed by atoms with van der Waals surface area (Å²) < 4.78 is 0. The number of anilines is 1. The largest absolute Gasteiger partial charge is 0.348 e. The van der Waals surface area contributed by atoms with E-state index in [1.165, 1.54) is 0 Å². The summed E-state index contributed by atoms with van der Waals surface area (Å²) in [4.78, 5) is 32.9. The molecular formula is C37H32N6O. The number of amides is 1. The number of benzene rings is 4. The van der Waals surface area contributed by atoms with Gasteiger partial charge in [0.1, 0.15) is 0 Å². The molecule has 0 atom stereocenters. The molecule has 0 radical (unpaired) electrons. The van der Waals surface area contributed by atoms with E-state index in [1.54, 1.807) is 12.7 Å². The molecule has 0 saturated heterocycles. The summed E-state index contributed by atoms with van der Waals surface area (Å²) in [5, 5.41) is 11.6. The van der Waals surface area contributed by atoms with Crippen molar-refractivity contribution in [1.29, 1.82) is 5.26 Å². The number of hydrogen-bond donors (Lipinski definition) is 2. The number of aromatic amines is 2. The third-order valence-corrected chi connectivity index (χ3v) is 9.21. The van der Waals surface area contributed by atoms with E-state index in [4.69, 9.17) is 0 Å². The van der Waals surface area contributed by atoms with Gasteiger partial charge >= 0.3 is 0 Å². The highest BCUT2D eigenvalue weighted by molar-refractivity contribution is 6.10. The molecule has 2 aromatic heterocycles. The molecular weight excluding hydrogens is 544 g/mol. The molecule has 1 aliphatic heterocycles. The summed E-state index contributed by atoms with van der Waals surface area (Å²) >= 11 is 0. The molecule has 3 heterocycles. The number of hydrogen-bond acceptors (Lipinski definition) is 4. The Morgan fingerprint density at radius 3 is 2.11 bits per heavy atom. The molecule has 44 heavy (non-hydrogen) atoms. The van der Waals surface area contributed by atoms with Crippen LogP contribution < -0.4 is 4.90 Å². The van der Waals surface area contributed by atoms with E-state index in [0.29, 0.717) is 24.9 Å². The van der Waals surface area contributed by atoms with Gasteiger partial charge in [-0.3, -0.25) is 4.79 Å². The fraction of sp³-hybridized carbons (Fsp3) is 0.189. The lowest BCUT2D eigenvalue weighted by Gasteiger charge is -2.28. The first-order valence-corrected chi connectivity index (χ1v) is 14.8. The number of nitriles is 1. The van der Waals surface area contributed by atoms with Crippen LogP contribution >= 0.6 is 0 Å². The predicted octanol–water partition coefficient (Wildman–Crippen LogP) is 7.02. The van der Waals surface area contributed by atoms with E-state index in [2.05, 4.69) is 75.4 Å². The lowest BCUT2D eigenvalue weighted by molar-refractivity contribution is -0.123. The minimum absolute atomic E-state index is 0.0466. The quantitative estimate of drug-likeness (QED) is 0.213. The molecule has 7 nitrogen and oxygen atoms in total. The normalized spacial score (nSPS) is 13.8.